The molecule has 0 atom stereocenters. The highest BCUT2D eigenvalue weighted by Gasteiger charge is 2.46. The first kappa shape index (κ1) is 16.3. The molecule has 2 aliphatic heterocycles. The summed E-state index contributed by atoms with van der Waals surface area (Å²) in [7, 11) is -3.17. The fourth-order valence-corrected chi connectivity index (χ4v) is 7.74. The van der Waals surface area contributed by atoms with Gasteiger partial charge < -0.3 is 14.0 Å². The normalized spacial score (nSPS) is 14.9. The summed E-state index contributed by atoms with van der Waals surface area (Å²) >= 11 is 0. The quantitative estimate of drug-likeness (QED) is 0.297. The molecule has 0 N–H and O–H groups in total. The number of hydrogen-bond acceptors (Lipinski definition) is 3. The standard InChI is InChI=1S/C26H15O3P/c27-30-24-14-18-8-3-1-6-16(18)12-22(24)28-20-10-5-11-21(26(20)30)29-23-13-17-7-2-4-9-19(17)15-25(23)30/h1-15H. The lowest BCUT2D eigenvalue weighted by atomic mass is 10.1. The van der Waals surface area contributed by atoms with E-state index in [0.717, 1.165) is 32.2 Å². The second kappa shape index (κ2) is 5.53. The molecule has 5 aromatic rings. The molecular formula is C26H15O3P. The van der Waals surface area contributed by atoms with Gasteiger partial charge >= 0.3 is 0 Å². The van der Waals surface area contributed by atoms with E-state index < -0.39 is 7.14 Å². The van der Waals surface area contributed by atoms with Gasteiger partial charge in [-0.1, -0.05) is 54.6 Å². The number of rotatable bonds is 0. The summed E-state index contributed by atoms with van der Waals surface area (Å²) < 4.78 is 27.6. The summed E-state index contributed by atoms with van der Waals surface area (Å²) in [6.45, 7) is 0. The van der Waals surface area contributed by atoms with E-state index in [0.29, 0.717) is 28.3 Å². The molecule has 2 heterocycles. The van der Waals surface area contributed by atoms with E-state index in [1.807, 2.05) is 91.0 Å². The number of benzene rings is 5. The highest BCUT2D eigenvalue weighted by molar-refractivity contribution is 7.86. The molecule has 3 nitrogen and oxygen atoms in total. The van der Waals surface area contributed by atoms with Gasteiger partial charge in [-0.05, 0) is 57.9 Å². The van der Waals surface area contributed by atoms with Crippen molar-refractivity contribution in [1.82, 2.24) is 0 Å². The van der Waals surface area contributed by atoms with Crippen molar-refractivity contribution in [2.75, 3.05) is 0 Å². The first-order chi connectivity index (χ1) is 14.7. The van der Waals surface area contributed by atoms with Crippen LogP contribution in [0.2, 0.25) is 0 Å². The van der Waals surface area contributed by atoms with Crippen LogP contribution in [0.3, 0.4) is 0 Å². The van der Waals surface area contributed by atoms with Crippen LogP contribution in [0.5, 0.6) is 23.0 Å². The predicted octanol–water partition coefficient (Wildman–Crippen LogP) is 5.84. The van der Waals surface area contributed by atoms with Gasteiger partial charge in [-0.2, -0.15) is 0 Å². The van der Waals surface area contributed by atoms with Crippen LogP contribution in [-0.4, -0.2) is 0 Å². The minimum Gasteiger partial charge on any atom is -0.456 e. The van der Waals surface area contributed by atoms with Gasteiger partial charge in [-0.25, -0.2) is 0 Å². The van der Waals surface area contributed by atoms with Gasteiger partial charge in [-0.15, -0.1) is 0 Å². The minimum absolute atomic E-state index is 0.609. The fraction of sp³-hybridized carbons (Fsp3) is 0. The summed E-state index contributed by atoms with van der Waals surface area (Å²) in [6, 6.07) is 29.9. The Morgan fingerprint density at radius 1 is 0.500 bits per heavy atom. The summed E-state index contributed by atoms with van der Waals surface area (Å²) in [5.74, 6) is 2.53. The maximum atomic E-state index is 15.1. The SMILES string of the molecule is O=P12c3cc4ccccc4cc3Oc3cccc(c31)Oc1cc3ccccc3cc12. The molecule has 0 bridgehead atoms. The summed E-state index contributed by atoms with van der Waals surface area (Å²) in [5, 5.41) is 6.36. The van der Waals surface area contributed by atoms with Crippen LogP contribution in [0.4, 0.5) is 0 Å². The van der Waals surface area contributed by atoms with Crippen LogP contribution in [0.15, 0.2) is 91.0 Å². The molecule has 7 rings (SSSR count). The van der Waals surface area contributed by atoms with Crippen LogP contribution in [0, 0.1) is 0 Å². The monoisotopic (exact) mass is 406 g/mol. The predicted molar refractivity (Wildman–Crippen MR) is 121 cm³/mol. The zero-order valence-electron chi connectivity index (χ0n) is 15.8. The summed E-state index contributed by atoms with van der Waals surface area (Å²) in [6.07, 6.45) is 0. The van der Waals surface area contributed by atoms with E-state index in [9.17, 15) is 0 Å². The van der Waals surface area contributed by atoms with Crippen LogP contribution in [0.25, 0.3) is 21.5 Å². The molecule has 0 spiro atoms. The Hall–Kier alpha value is -3.55. The van der Waals surface area contributed by atoms with Crippen molar-refractivity contribution < 1.29 is 14.0 Å². The molecule has 4 heteroatoms. The van der Waals surface area contributed by atoms with Gasteiger partial charge in [0.1, 0.15) is 28.3 Å². The Bertz CT molecular complexity index is 1470. The summed E-state index contributed by atoms with van der Waals surface area (Å²) in [4.78, 5) is 0. The van der Waals surface area contributed by atoms with Gasteiger partial charge in [0.05, 0.1) is 10.6 Å². The smallest absolute Gasteiger partial charge is 0.185 e. The third-order valence-corrected chi connectivity index (χ3v) is 9.18. The maximum Gasteiger partial charge on any atom is 0.185 e. The second-order valence-corrected chi connectivity index (χ2v) is 10.4. The van der Waals surface area contributed by atoms with E-state index >= 15 is 4.57 Å². The van der Waals surface area contributed by atoms with Crippen molar-refractivity contribution in [3.05, 3.63) is 91.0 Å². The lowest BCUT2D eigenvalue weighted by Crippen LogP contribution is -2.35. The molecule has 5 aromatic carbocycles. The first-order valence-corrected chi connectivity index (χ1v) is 11.6. The lowest BCUT2D eigenvalue weighted by molar-refractivity contribution is 0.462. The van der Waals surface area contributed by atoms with Gasteiger partial charge in [0, 0.05) is 0 Å². The molecule has 0 aliphatic carbocycles. The molecule has 0 saturated heterocycles. The van der Waals surface area contributed by atoms with Gasteiger partial charge in [-0.3, -0.25) is 0 Å². The van der Waals surface area contributed by atoms with Gasteiger partial charge in [0.25, 0.3) is 0 Å². The summed E-state index contributed by atoms with van der Waals surface area (Å²) in [5.41, 5.74) is 0. The van der Waals surface area contributed by atoms with E-state index in [4.69, 9.17) is 9.47 Å². The first-order valence-electron chi connectivity index (χ1n) is 9.88. The molecule has 0 radical (unpaired) electrons. The molecular weight excluding hydrogens is 391 g/mol. The van der Waals surface area contributed by atoms with Gasteiger partial charge in [0.15, 0.2) is 7.14 Å². The topological polar surface area (TPSA) is 35.5 Å². The lowest BCUT2D eigenvalue weighted by Gasteiger charge is -2.34. The molecule has 0 saturated carbocycles. The average molecular weight is 406 g/mol. The van der Waals surface area contributed by atoms with Crippen molar-refractivity contribution >= 4 is 44.6 Å². The Labute approximate surface area is 172 Å². The Morgan fingerprint density at radius 2 is 0.933 bits per heavy atom. The van der Waals surface area contributed by atoms with E-state index in [1.54, 1.807) is 0 Å². The molecule has 0 aromatic heterocycles. The molecule has 0 fully saturated rings. The second-order valence-electron chi connectivity index (χ2n) is 7.75. The highest BCUT2D eigenvalue weighted by Crippen LogP contribution is 2.58. The maximum absolute atomic E-state index is 15.1. The van der Waals surface area contributed by atoms with Crippen molar-refractivity contribution in [2.45, 2.75) is 0 Å². The molecule has 0 unspecified atom stereocenters. The van der Waals surface area contributed by atoms with E-state index in [1.165, 1.54) is 0 Å². The number of ether oxygens (including phenoxy) is 2. The molecule has 142 valence electrons. The van der Waals surface area contributed by atoms with Crippen molar-refractivity contribution in [3.63, 3.8) is 0 Å². The van der Waals surface area contributed by atoms with Gasteiger partial charge in [0.2, 0.25) is 0 Å². The average Bonchev–Trinajstić information content (AvgIpc) is 2.77. The largest absolute Gasteiger partial charge is 0.456 e. The third kappa shape index (κ3) is 1.98. The number of hydrogen-bond donors (Lipinski definition) is 0. The van der Waals surface area contributed by atoms with Crippen LogP contribution >= 0.6 is 7.14 Å². The highest BCUT2D eigenvalue weighted by atomic mass is 31.2. The van der Waals surface area contributed by atoms with Crippen LogP contribution < -0.4 is 25.4 Å². The van der Waals surface area contributed by atoms with Crippen molar-refractivity contribution in [1.29, 1.82) is 0 Å². The Morgan fingerprint density at radius 3 is 1.40 bits per heavy atom. The molecule has 0 amide bonds. The van der Waals surface area contributed by atoms with Crippen LogP contribution in [-0.2, 0) is 4.57 Å². The molecule has 2 aliphatic rings. The fourth-order valence-electron chi connectivity index (χ4n) is 4.66. The van der Waals surface area contributed by atoms with Crippen LogP contribution in [0.1, 0.15) is 0 Å². The van der Waals surface area contributed by atoms with Crippen molar-refractivity contribution in [2.24, 2.45) is 0 Å². The third-order valence-electron chi connectivity index (χ3n) is 6.05. The van der Waals surface area contributed by atoms with Crippen molar-refractivity contribution in [3.8, 4) is 23.0 Å². The number of fused-ring (bicyclic) bond motifs is 6. The molecule has 30 heavy (non-hydrogen) atoms. The van der Waals surface area contributed by atoms with E-state index in [-0.39, 0.29) is 0 Å². The Kier molecular flexibility index (Phi) is 3.00. The Balaban J connectivity index is 1.64. The minimum atomic E-state index is -3.17. The zero-order valence-corrected chi connectivity index (χ0v) is 16.7. The van der Waals surface area contributed by atoms with E-state index in [2.05, 4.69) is 0 Å². The zero-order chi connectivity index (χ0) is 19.9.